The Balaban J connectivity index is 0.000000231. The van der Waals surface area contributed by atoms with Crippen molar-refractivity contribution in [2.24, 2.45) is 11.8 Å². The molecule has 82 heavy (non-hydrogen) atoms. The topological polar surface area (TPSA) is 281 Å². The Morgan fingerprint density at radius 3 is 1.38 bits per heavy atom. The number of amides is 4. The van der Waals surface area contributed by atoms with E-state index in [0.717, 1.165) is 15.3 Å². The summed E-state index contributed by atoms with van der Waals surface area (Å²) in [6, 6.07) is 20.7. The van der Waals surface area contributed by atoms with Crippen LogP contribution in [0.25, 0.3) is 43.2 Å². The number of benzene rings is 2. The van der Waals surface area contributed by atoms with Crippen LogP contribution in [-0.4, -0.2) is 143 Å². The monoisotopic (exact) mass is 1150 g/mol. The fraction of sp³-hybridized carbons (Fsp3) is 0.414. The first-order valence-electron chi connectivity index (χ1n) is 26.3. The van der Waals surface area contributed by atoms with Crippen LogP contribution in [0.15, 0.2) is 109 Å². The number of aliphatic carboxylic acids is 1. The molecular formula is C58H65LiN8O13S2. The molecule has 4 N–H and O–H groups in total. The third kappa shape index (κ3) is 13.6. The molecule has 4 aromatic heterocycles. The molecule has 2 aliphatic carbocycles. The van der Waals surface area contributed by atoms with Gasteiger partial charge in [-0.05, 0) is 108 Å². The zero-order valence-corrected chi connectivity index (χ0v) is 48.6. The molecule has 428 valence electrons. The first-order chi connectivity index (χ1) is 38.0. The van der Waals surface area contributed by atoms with E-state index in [4.69, 9.17) is 43.6 Å². The molecule has 10 rings (SSSR count). The average Bonchev–Trinajstić information content (AvgIpc) is 3.89. The van der Waals surface area contributed by atoms with Crippen LogP contribution in [0.5, 0.6) is 11.8 Å². The fourth-order valence-corrected chi connectivity index (χ4v) is 11.2. The number of likely N-dealkylation sites (tertiary alicyclic amines) is 2. The Kier molecular flexibility index (Phi) is 18.9. The van der Waals surface area contributed by atoms with Gasteiger partial charge < -0.3 is 44.9 Å². The van der Waals surface area contributed by atoms with Crippen LogP contribution in [0.2, 0.25) is 0 Å². The van der Waals surface area contributed by atoms with Crippen molar-refractivity contribution in [2.75, 3.05) is 19.7 Å². The molecule has 0 bridgehead atoms. The van der Waals surface area contributed by atoms with Crippen LogP contribution in [0.3, 0.4) is 0 Å². The zero-order chi connectivity index (χ0) is 57.3. The number of fused-ring (bicyclic) bond motifs is 2. The van der Waals surface area contributed by atoms with Crippen molar-refractivity contribution in [1.29, 1.82) is 0 Å². The molecule has 24 heteroatoms. The van der Waals surface area contributed by atoms with Gasteiger partial charge in [0, 0.05) is 24.7 Å². The zero-order valence-electron chi connectivity index (χ0n) is 47.0. The standard InChI is InChI=1S/C30H34N4O6S.C28H30N4O6S.Li.H2O/c1-6-18-16-30(18,27(36)38-7-2)33-25(35)22-15-19(17-34(22)28(37)40-29(3,4)5)39-26-24(23-13-10-14-41-23)31-20-11-8-9-12-21(20)32-26;1-5-16-14-28(16,25(34)35)31-23(33)20-13-17(15-32(20)26(36)38-27(2,3)4)37-24-22(21-11-8-12-39-21)29-18-9-6-7-10-19(18)30-24;;/h6,8-14,18-19,22H,1,7,15-17H2,2-5H3,(H,33,35);5-12,16-17,20H,1,13-15H2,2-4H3,(H,31,33)(H,34,35);;1H2/q;;+1;/p-1/t18-,19-,22+,30-;16-,17-,20+,28-;;/m11../s1. The number of para-hydroxylation sites is 4. The summed E-state index contributed by atoms with van der Waals surface area (Å²) >= 11 is 3.01. The van der Waals surface area contributed by atoms with Crippen LogP contribution in [0.1, 0.15) is 74.1 Å². The molecule has 4 fully saturated rings. The van der Waals surface area contributed by atoms with Crippen LogP contribution >= 0.6 is 22.7 Å². The summed E-state index contributed by atoms with van der Waals surface area (Å²) in [6.07, 6.45) is 1.55. The number of aromatic nitrogens is 4. The van der Waals surface area contributed by atoms with Crippen molar-refractivity contribution >= 4 is 80.7 Å². The minimum Gasteiger partial charge on any atom is -0.870 e. The van der Waals surface area contributed by atoms with Gasteiger partial charge in [0.15, 0.2) is 0 Å². The molecule has 0 spiro atoms. The quantitative estimate of drug-likeness (QED) is 0.0472. The number of carbonyl (C=O) groups is 6. The number of esters is 1. The Labute approximate surface area is 494 Å². The smallest absolute Gasteiger partial charge is 0.870 e. The van der Waals surface area contributed by atoms with Gasteiger partial charge in [-0.2, -0.15) is 0 Å². The summed E-state index contributed by atoms with van der Waals surface area (Å²) in [6.45, 7) is 20.0. The fourth-order valence-electron chi connectivity index (χ4n) is 9.79. The number of nitrogens with one attached hydrogen (secondary N) is 2. The maximum atomic E-state index is 13.7. The number of nitrogens with zero attached hydrogens (tertiary/aromatic N) is 6. The predicted octanol–water partition coefficient (Wildman–Crippen LogP) is 5.83. The molecule has 2 aliphatic heterocycles. The summed E-state index contributed by atoms with van der Waals surface area (Å²) in [7, 11) is 0. The van der Waals surface area contributed by atoms with Gasteiger partial charge in [-0.3, -0.25) is 19.4 Å². The van der Waals surface area contributed by atoms with Gasteiger partial charge >= 0.3 is 43.0 Å². The van der Waals surface area contributed by atoms with Crippen molar-refractivity contribution in [3.8, 4) is 32.9 Å². The third-order valence-corrected chi connectivity index (χ3v) is 15.6. The molecule has 6 heterocycles. The largest absolute Gasteiger partial charge is 1.00 e. The Hall–Kier alpha value is -7.42. The molecule has 0 radical (unpaired) electrons. The number of rotatable bonds is 15. The number of thiophene rings is 2. The summed E-state index contributed by atoms with van der Waals surface area (Å²) in [5, 5.41) is 19.2. The van der Waals surface area contributed by atoms with Crippen LogP contribution in [0.4, 0.5) is 9.59 Å². The van der Waals surface area contributed by atoms with Gasteiger partial charge in [0.1, 0.15) is 58.0 Å². The molecule has 8 atom stereocenters. The van der Waals surface area contributed by atoms with Crippen molar-refractivity contribution in [2.45, 2.75) is 121 Å². The maximum absolute atomic E-state index is 13.7. The van der Waals surface area contributed by atoms with E-state index in [1.807, 2.05) is 83.6 Å². The van der Waals surface area contributed by atoms with Crippen molar-refractivity contribution in [3.05, 3.63) is 109 Å². The summed E-state index contributed by atoms with van der Waals surface area (Å²) in [5.41, 5.74) is -0.266. The number of ether oxygens (including phenoxy) is 5. The van der Waals surface area contributed by atoms with Crippen molar-refractivity contribution in [3.63, 3.8) is 0 Å². The second-order valence-electron chi connectivity index (χ2n) is 22.0. The normalized spacial score (nSPS) is 23.4. The van der Waals surface area contributed by atoms with Crippen LogP contribution < -0.4 is 39.0 Å². The summed E-state index contributed by atoms with van der Waals surface area (Å²) in [5.74, 6) is -2.74. The van der Waals surface area contributed by atoms with E-state index in [1.165, 1.54) is 38.5 Å². The van der Waals surface area contributed by atoms with Crippen LogP contribution in [-0.2, 0) is 33.4 Å². The first kappa shape index (κ1) is 62.2. The third-order valence-electron chi connectivity index (χ3n) is 13.8. The Bertz CT molecular complexity index is 3350. The Morgan fingerprint density at radius 1 is 0.646 bits per heavy atom. The Morgan fingerprint density at radius 2 is 1.04 bits per heavy atom. The van der Waals surface area contributed by atoms with Gasteiger partial charge in [-0.15, -0.1) is 35.8 Å². The van der Waals surface area contributed by atoms with Crippen molar-refractivity contribution < 1.29 is 81.9 Å². The number of hydrogen-bond donors (Lipinski definition) is 3. The SMILES string of the molecule is C=C[C@@H]1C[C@]1(NC(=O)[C@@H]1C[C@@H](Oc2nc3ccccc3nc2-c2cccs2)CN1C(=O)OC(C)(C)C)C(=O)O.C=C[C@@H]1C[C@]1(NC(=O)[C@@H]1C[C@@H](Oc2nc3ccccc3nc2-c2cccs2)CN1C(=O)OC(C)(C)C)C(=O)OCC.[Li+].[OH-]. The van der Waals surface area contributed by atoms with Gasteiger partial charge in [-0.1, -0.05) is 48.6 Å². The van der Waals surface area contributed by atoms with E-state index >= 15 is 0 Å². The molecule has 2 saturated carbocycles. The molecular weight excluding hydrogens is 1090 g/mol. The number of carbonyl (C=O) groups excluding carboxylic acids is 5. The van der Waals surface area contributed by atoms with E-state index in [9.17, 15) is 33.9 Å². The molecule has 2 saturated heterocycles. The summed E-state index contributed by atoms with van der Waals surface area (Å²) < 4.78 is 29.2. The van der Waals surface area contributed by atoms with E-state index in [1.54, 1.807) is 54.5 Å². The van der Waals surface area contributed by atoms with E-state index in [-0.39, 0.29) is 75.1 Å². The van der Waals surface area contributed by atoms with E-state index in [2.05, 4.69) is 23.8 Å². The minimum absolute atomic E-state index is 0. The second kappa shape index (κ2) is 25.0. The molecule has 21 nitrogen and oxygen atoms in total. The number of carboxylic acids is 1. The molecule has 6 aromatic rings. The average molecular weight is 1150 g/mol. The van der Waals surface area contributed by atoms with E-state index in [0.29, 0.717) is 46.1 Å². The molecule has 4 aliphatic rings. The number of carboxylic acid groups (broad SMARTS) is 1. The van der Waals surface area contributed by atoms with Crippen LogP contribution in [0, 0.1) is 11.8 Å². The first-order valence-corrected chi connectivity index (χ1v) is 28.0. The number of hydrogen-bond acceptors (Lipinski definition) is 18. The van der Waals surface area contributed by atoms with Gasteiger partial charge in [0.2, 0.25) is 23.6 Å². The minimum atomic E-state index is -1.42. The molecule has 2 aromatic carbocycles. The van der Waals surface area contributed by atoms with Crippen molar-refractivity contribution in [1.82, 2.24) is 40.4 Å². The molecule has 0 unspecified atom stereocenters. The van der Waals surface area contributed by atoms with Gasteiger partial charge in [0.05, 0.1) is 51.5 Å². The van der Waals surface area contributed by atoms with Gasteiger partial charge in [0.25, 0.3) is 0 Å². The summed E-state index contributed by atoms with van der Waals surface area (Å²) in [4.78, 5) is 102. The second-order valence-corrected chi connectivity index (χ2v) is 23.9. The van der Waals surface area contributed by atoms with Gasteiger partial charge in [-0.25, -0.2) is 39.1 Å². The van der Waals surface area contributed by atoms with E-state index < -0.39 is 82.5 Å². The maximum Gasteiger partial charge on any atom is 1.00 e. The predicted molar refractivity (Wildman–Crippen MR) is 302 cm³/mol. The molecule has 4 amide bonds.